The van der Waals surface area contributed by atoms with Gasteiger partial charge in [0, 0.05) is 19.0 Å². The standard InChI is InChI=1S/C17H17N3/c1-13-7-8-17(19-16(13)11-18)20-10-9-15(12-20)14-5-3-2-4-6-14/h2-8,15H,9-10,12H2,1H3. The molecule has 0 amide bonds. The zero-order valence-corrected chi connectivity index (χ0v) is 11.6. The van der Waals surface area contributed by atoms with Crippen molar-refractivity contribution in [3.05, 3.63) is 59.3 Å². The van der Waals surface area contributed by atoms with Crippen molar-refractivity contribution >= 4 is 5.82 Å². The van der Waals surface area contributed by atoms with Gasteiger partial charge in [0.05, 0.1) is 0 Å². The number of benzene rings is 1. The number of nitriles is 1. The van der Waals surface area contributed by atoms with Crippen LogP contribution in [0.1, 0.15) is 29.2 Å². The fraction of sp³-hybridized carbons (Fsp3) is 0.294. The van der Waals surface area contributed by atoms with Gasteiger partial charge in [0.1, 0.15) is 17.6 Å². The van der Waals surface area contributed by atoms with Crippen LogP contribution in [0.25, 0.3) is 0 Å². The van der Waals surface area contributed by atoms with Crippen LogP contribution in [0.2, 0.25) is 0 Å². The topological polar surface area (TPSA) is 39.9 Å². The highest BCUT2D eigenvalue weighted by Crippen LogP contribution is 2.30. The minimum Gasteiger partial charge on any atom is -0.356 e. The number of pyridine rings is 1. The molecule has 2 aromatic rings. The molecule has 3 nitrogen and oxygen atoms in total. The van der Waals surface area contributed by atoms with Gasteiger partial charge >= 0.3 is 0 Å². The molecule has 1 saturated heterocycles. The minimum atomic E-state index is 0.533. The first-order valence-electron chi connectivity index (χ1n) is 6.95. The van der Waals surface area contributed by atoms with Gasteiger partial charge in [-0.25, -0.2) is 4.98 Å². The van der Waals surface area contributed by atoms with E-state index in [0.29, 0.717) is 11.6 Å². The van der Waals surface area contributed by atoms with E-state index in [1.54, 1.807) is 0 Å². The monoisotopic (exact) mass is 263 g/mol. The lowest BCUT2D eigenvalue weighted by atomic mass is 9.99. The average molecular weight is 263 g/mol. The summed E-state index contributed by atoms with van der Waals surface area (Å²) in [6, 6.07) is 16.8. The molecule has 1 aliphatic rings. The van der Waals surface area contributed by atoms with Gasteiger partial charge in [-0.15, -0.1) is 0 Å². The van der Waals surface area contributed by atoms with Crippen molar-refractivity contribution in [3.8, 4) is 6.07 Å². The molecule has 3 heteroatoms. The van der Waals surface area contributed by atoms with Gasteiger partial charge < -0.3 is 4.90 Å². The van der Waals surface area contributed by atoms with Crippen LogP contribution in [-0.4, -0.2) is 18.1 Å². The lowest BCUT2D eigenvalue weighted by Gasteiger charge is -2.18. The van der Waals surface area contributed by atoms with E-state index in [4.69, 9.17) is 5.26 Å². The van der Waals surface area contributed by atoms with E-state index in [1.807, 2.05) is 19.1 Å². The van der Waals surface area contributed by atoms with Crippen LogP contribution in [0, 0.1) is 18.3 Å². The summed E-state index contributed by atoms with van der Waals surface area (Å²) in [5.41, 5.74) is 2.86. The lowest BCUT2D eigenvalue weighted by Crippen LogP contribution is -2.20. The van der Waals surface area contributed by atoms with E-state index >= 15 is 0 Å². The normalized spacial score (nSPS) is 18.0. The molecule has 0 bridgehead atoms. The third-order valence-electron chi connectivity index (χ3n) is 3.97. The summed E-state index contributed by atoms with van der Waals surface area (Å²) in [6.45, 7) is 3.90. The van der Waals surface area contributed by atoms with E-state index in [2.05, 4.69) is 46.3 Å². The largest absolute Gasteiger partial charge is 0.356 e. The summed E-state index contributed by atoms with van der Waals surface area (Å²) < 4.78 is 0. The molecule has 1 atom stereocenters. The Kier molecular flexibility index (Phi) is 3.39. The maximum atomic E-state index is 9.08. The Morgan fingerprint density at radius 3 is 2.75 bits per heavy atom. The number of nitrogens with zero attached hydrogens (tertiary/aromatic N) is 3. The Hall–Kier alpha value is -2.34. The number of anilines is 1. The summed E-state index contributed by atoms with van der Waals surface area (Å²) in [4.78, 5) is 6.74. The molecule has 1 aromatic carbocycles. The van der Waals surface area contributed by atoms with Gasteiger partial charge in [-0.2, -0.15) is 5.26 Å². The van der Waals surface area contributed by atoms with Crippen LogP contribution in [0.5, 0.6) is 0 Å². The minimum absolute atomic E-state index is 0.533. The maximum absolute atomic E-state index is 9.08. The number of rotatable bonds is 2. The van der Waals surface area contributed by atoms with Crippen molar-refractivity contribution in [1.29, 1.82) is 5.26 Å². The smallest absolute Gasteiger partial charge is 0.145 e. The predicted molar refractivity (Wildman–Crippen MR) is 79.7 cm³/mol. The molecule has 1 aliphatic heterocycles. The van der Waals surface area contributed by atoms with Gasteiger partial charge in [-0.3, -0.25) is 0 Å². The Balaban J connectivity index is 1.79. The van der Waals surface area contributed by atoms with Crippen LogP contribution in [-0.2, 0) is 0 Å². The number of hydrogen-bond donors (Lipinski definition) is 0. The molecular weight excluding hydrogens is 246 g/mol. The zero-order valence-electron chi connectivity index (χ0n) is 11.6. The first-order chi connectivity index (χ1) is 9.78. The van der Waals surface area contributed by atoms with E-state index in [-0.39, 0.29) is 0 Å². The fourth-order valence-corrected chi connectivity index (χ4v) is 2.77. The molecule has 1 aromatic heterocycles. The van der Waals surface area contributed by atoms with E-state index in [1.165, 1.54) is 5.56 Å². The van der Waals surface area contributed by atoms with Crippen molar-refractivity contribution in [3.63, 3.8) is 0 Å². The molecule has 0 radical (unpaired) electrons. The first kappa shape index (κ1) is 12.7. The quantitative estimate of drug-likeness (QED) is 0.835. The Morgan fingerprint density at radius 2 is 2.00 bits per heavy atom. The van der Waals surface area contributed by atoms with E-state index in [9.17, 15) is 0 Å². The third kappa shape index (κ3) is 2.37. The van der Waals surface area contributed by atoms with Crippen molar-refractivity contribution in [1.82, 2.24) is 4.98 Å². The maximum Gasteiger partial charge on any atom is 0.145 e. The third-order valence-corrected chi connectivity index (χ3v) is 3.97. The van der Waals surface area contributed by atoms with E-state index in [0.717, 1.165) is 30.9 Å². The van der Waals surface area contributed by atoms with Gasteiger partial charge in [0.25, 0.3) is 0 Å². The van der Waals surface area contributed by atoms with Crippen molar-refractivity contribution in [2.45, 2.75) is 19.3 Å². The van der Waals surface area contributed by atoms with Gasteiger partial charge in [-0.05, 0) is 30.5 Å². The van der Waals surface area contributed by atoms with Crippen LogP contribution in [0.4, 0.5) is 5.82 Å². The molecule has 20 heavy (non-hydrogen) atoms. The van der Waals surface area contributed by atoms with Gasteiger partial charge in [0.2, 0.25) is 0 Å². The summed E-state index contributed by atoms with van der Waals surface area (Å²) in [6.07, 6.45) is 1.14. The number of aryl methyl sites for hydroxylation is 1. The molecule has 1 unspecified atom stereocenters. The van der Waals surface area contributed by atoms with Crippen molar-refractivity contribution in [2.24, 2.45) is 0 Å². The average Bonchev–Trinajstić information content (AvgIpc) is 2.98. The number of aromatic nitrogens is 1. The summed E-state index contributed by atoms with van der Waals surface area (Å²) in [5, 5.41) is 9.08. The fourth-order valence-electron chi connectivity index (χ4n) is 2.77. The molecule has 0 saturated carbocycles. The zero-order chi connectivity index (χ0) is 13.9. The van der Waals surface area contributed by atoms with Crippen molar-refractivity contribution < 1.29 is 0 Å². The summed E-state index contributed by atoms with van der Waals surface area (Å²) in [5.74, 6) is 1.48. The molecular formula is C17H17N3. The van der Waals surface area contributed by atoms with Gasteiger partial charge in [0.15, 0.2) is 0 Å². The first-order valence-corrected chi connectivity index (χ1v) is 6.95. The van der Waals surface area contributed by atoms with Gasteiger partial charge in [-0.1, -0.05) is 36.4 Å². The highest BCUT2D eigenvalue weighted by molar-refractivity contribution is 5.46. The number of hydrogen-bond acceptors (Lipinski definition) is 3. The summed E-state index contributed by atoms with van der Waals surface area (Å²) >= 11 is 0. The van der Waals surface area contributed by atoms with Crippen molar-refractivity contribution in [2.75, 3.05) is 18.0 Å². The predicted octanol–water partition coefficient (Wildman–Crippen LogP) is 3.26. The molecule has 1 fully saturated rings. The molecule has 2 heterocycles. The Bertz CT molecular complexity index is 643. The van der Waals surface area contributed by atoms with Crippen LogP contribution < -0.4 is 4.90 Å². The Morgan fingerprint density at radius 1 is 1.20 bits per heavy atom. The van der Waals surface area contributed by atoms with E-state index < -0.39 is 0 Å². The summed E-state index contributed by atoms with van der Waals surface area (Å²) in [7, 11) is 0. The molecule has 3 rings (SSSR count). The SMILES string of the molecule is Cc1ccc(N2CCC(c3ccccc3)C2)nc1C#N. The molecule has 0 N–H and O–H groups in total. The second-order valence-electron chi connectivity index (χ2n) is 5.29. The van der Waals surface area contributed by atoms with Crippen LogP contribution in [0.3, 0.4) is 0 Å². The molecule has 0 spiro atoms. The Labute approximate surface area is 119 Å². The molecule has 0 aliphatic carbocycles. The second kappa shape index (κ2) is 5.34. The van der Waals surface area contributed by atoms with Crippen LogP contribution in [0.15, 0.2) is 42.5 Å². The highest BCUT2D eigenvalue weighted by atomic mass is 15.2. The van der Waals surface area contributed by atoms with Crippen LogP contribution >= 0.6 is 0 Å². The highest BCUT2D eigenvalue weighted by Gasteiger charge is 2.24. The molecule has 100 valence electrons. The lowest BCUT2D eigenvalue weighted by molar-refractivity contribution is 0.774. The second-order valence-corrected chi connectivity index (χ2v) is 5.29.